The number of allylic oxidation sites excluding steroid dienone is 1. The smallest absolute Gasteiger partial charge is 0.239 e. The molecule has 32 heavy (non-hydrogen) atoms. The van der Waals surface area contributed by atoms with Gasteiger partial charge in [-0.05, 0) is 49.3 Å². The third-order valence-corrected chi connectivity index (χ3v) is 7.81. The lowest BCUT2D eigenvalue weighted by Crippen LogP contribution is -2.44. The third-order valence-electron chi connectivity index (χ3n) is 6.89. The van der Waals surface area contributed by atoms with Crippen LogP contribution in [0, 0.1) is 0 Å². The Kier molecular flexibility index (Phi) is 6.30. The molecule has 168 valence electrons. The maximum absolute atomic E-state index is 13.3. The van der Waals surface area contributed by atoms with Gasteiger partial charge in [0.25, 0.3) is 0 Å². The lowest BCUT2D eigenvalue weighted by atomic mass is 9.88. The van der Waals surface area contributed by atoms with Crippen LogP contribution in [0.1, 0.15) is 68.7 Å². The first-order chi connectivity index (χ1) is 15.7. The van der Waals surface area contributed by atoms with Gasteiger partial charge in [-0.25, -0.2) is 0 Å². The van der Waals surface area contributed by atoms with Crippen molar-refractivity contribution in [2.45, 2.75) is 69.9 Å². The molecule has 6 heteroatoms. The van der Waals surface area contributed by atoms with E-state index >= 15 is 0 Å². The summed E-state index contributed by atoms with van der Waals surface area (Å²) in [6.45, 7) is 0.238. The number of rotatable bonds is 4. The molecule has 1 aromatic carbocycles. The van der Waals surface area contributed by atoms with Gasteiger partial charge in [-0.1, -0.05) is 43.9 Å². The first-order valence-corrected chi connectivity index (χ1v) is 12.8. The average molecular weight is 450 g/mol. The molecule has 5 nitrogen and oxygen atoms in total. The normalized spacial score (nSPS) is 21.8. The number of carbonyl (C=O) groups excluding carboxylic acids is 2. The van der Waals surface area contributed by atoms with Gasteiger partial charge in [0, 0.05) is 28.6 Å². The van der Waals surface area contributed by atoms with E-state index in [1.807, 2.05) is 24.3 Å². The fourth-order valence-electron chi connectivity index (χ4n) is 5.37. The molecule has 1 aliphatic heterocycles. The molecule has 1 fully saturated rings. The van der Waals surface area contributed by atoms with Crippen LogP contribution in [0.4, 0.5) is 11.4 Å². The predicted molar refractivity (Wildman–Crippen MR) is 130 cm³/mol. The van der Waals surface area contributed by atoms with Crippen molar-refractivity contribution in [1.82, 2.24) is 5.32 Å². The van der Waals surface area contributed by atoms with E-state index in [0.29, 0.717) is 6.42 Å². The minimum absolute atomic E-state index is 0.0422. The van der Waals surface area contributed by atoms with E-state index in [9.17, 15) is 9.59 Å². The number of anilines is 2. The predicted octanol–water partition coefficient (Wildman–Crippen LogP) is 5.57. The Morgan fingerprint density at radius 2 is 1.84 bits per heavy atom. The Balaban J connectivity index is 1.52. The van der Waals surface area contributed by atoms with Crippen LogP contribution in [0.2, 0.25) is 0 Å². The number of hydrogen-bond donors (Lipinski definition) is 2. The molecule has 2 N–H and O–H groups in total. The van der Waals surface area contributed by atoms with Crippen LogP contribution in [-0.4, -0.2) is 24.3 Å². The Labute approximate surface area is 193 Å². The van der Waals surface area contributed by atoms with Crippen molar-refractivity contribution in [2.75, 3.05) is 16.8 Å². The van der Waals surface area contributed by atoms with Crippen molar-refractivity contribution in [3.05, 3.63) is 57.9 Å². The van der Waals surface area contributed by atoms with E-state index in [-0.39, 0.29) is 30.3 Å². The number of benzene rings is 1. The molecule has 5 rings (SSSR count). The van der Waals surface area contributed by atoms with E-state index < -0.39 is 0 Å². The number of nitrogens with zero attached hydrogens (tertiary/aromatic N) is 1. The number of para-hydroxylation sites is 2. The van der Waals surface area contributed by atoms with Gasteiger partial charge in [-0.3, -0.25) is 9.59 Å². The SMILES string of the molecule is O=C(CN1c2ccccc2NC2=C(C(=O)CCC2)C1c1cccs1)NC1CCCCCC1. The quantitative estimate of drug-likeness (QED) is 0.599. The average Bonchev–Trinajstić information content (AvgIpc) is 3.13. The summed E-state index contributed by atoms with van der Waals surface area (Å²) in [5.41, 5.74) is 3.79. The summed E-state index contributed by atoms with van der Waals surface area (Å²) in [7, 11) is 0. The van der Waals surface area contributed by atoms with Gasteiger partial charge in [0.05, 0.1) is 24.0 Å². The first-order valence-electron chi connectivity index (χ1n) is 11.9. The topological polar surface area (TPSA) is 61.4 Å². The molecule has 2 aliphatic carbocycles. The second kappa shape index (κ2) is 9.49. The summed E-state index contributed by atoms with van der Waals surface area (Å²) in [5, 5.41) is 8.93. The Bertz CT molecular complexity index is 1010. The largest absolute Gasteiger partial charge is 0.357 e. The van der Waals surface area contributed by atoms with Crippen LogP contribution in [-0.2, 0) is 9.59 Å². The van der Waals surface area contributed by atoms with Crippen molar-refractivity contribution in [2.24, 2.45) is 0 Å². The molecule has 1 saturated carbocycles. The summed E-state index contributed by atoms with van der Waals surface area (Å²) in [6, 6.07) is 12.3. The molecule has 1 aromatic heterocycles. The van der Waals surface area contributed by atoms with E-state index in [2.05, 4.69) is 33.0 Å². The zero-order valence-electron chi connectivity index (χ0n) is 18.4. The van der Waals surface area contributed by atoms with Crippen molar-refractivity contribution in [3.8, 4) is 0 Å². The first kappa shape index (κ1) is 21.3. The van der Waals surface area contributed by atoms with Crippen LogP contribution in [0.15, 0.2) is 53.0 Å². The van der Waals surface area contributed by atoms with Gasteiger partial charge < -0.3 is 15.5 Å². The molecule has 1 atom stereocenters. The zero-order chi connectivity index (χ0) is 21.9. The molecule has 0 saturated heterocycles. The Morgan fingerprint density at radius 3 is 2.62 bits per heavy atom. The summed E-state index contributed by atoms with van der Waals surface area (Å²) < 4.78 is 0. The third kappa shape index (κ3) is 4.33. The van der Waals surface area contributed by atoms with Gasteiger partial charge in [0.2, 0.25) is 5.91 Å². The highest BCUT2D eigenvalue weighted by molar-refractivity contribution is 7.10. The van der Waals surface area contributed by atoms with Crippen molar-refractivity contribution < 1.29 is 9.59 Å². The minimum Gasteiger partial charge on any atom is -0.357 e. The number of nitrogens with one attached hydrogen (secondary N) is 2. The van der Waals surface area contributed by atoms with E-state index in [0.717, 1.165) is 53.2 Å². The number of ketones is 1. The lowest BCUT2D eigenvalue weighted by molar-refractivity contribution is -0.121. The minimum atomic E-state index is -0.242. The van der Waals surface area contributed by atoms with Gasteiger partial charge in [-0.2, -0.15) is 0 Å². The molecule has 0 bridgehead atoms. The lowest BCUT2D eigenvalue weighted by Gasteiger charge is -2.34. The van der Waals surface area contributed by atoms with Crippen LogP contribution >= 0.6 is 11.3 Å². The number of Topliss-reactive ketones (excluding diaryl/α,β-unsaturated/α-hetero) is 1. The maximum Gasteiger partial charge on any atom is 0.239 e. The van der Waals surface area contributed by atoms with E-state index in [1.165, 1.54) is 25.7 Å². The molecule has 3 aliphatic rings. The highest BCUT2D eigenvalue weighted by atomic mass is 32.1. The van der Waals surface area contributed by atoms with Crippen molar-refractivity contribution >= 4 is 34.4 Å². The summed E-state index contributed by atoms with van der Waals surface area (Å²) >= 11 is 1.65. The number of carbonyl (C=O) groups is 2. The van der Waals surface area contributed by atoms with Gasteiger partial charge >= 0.3 is 0 Å². The number of amides is 1. The second-order valence-electron chi connectivity index (χ2n) is 9.11. The number of hydrogen-bond acceptors (Lipinski definition) is 5. The highest BCUT2D eigenvalue weighted by Crippen LogP contribution is 2.45. The van der Waals surface area contributed by atoms with Crippen molar-refractivity contribution in [1.29, 1.82) is 0 Å². The van der Waals surface area contributed by atoms with Crippen LogP contribution in [0.25, 0.3) is 0 Å². The Morgan fingerprint density at radius 1 is 1.03 bits per heavy atom. The maximum atomic E-state index is 13.3. The number of fused-ring (bicyclic) bond motifs is 1. The Hall–Kier alpha value is -2.60. The molecule has 0 spiro atoms. The number of thiophene rings is 1. The summed E-state index contributed by atoms with van der Waals surface area (Å²) in [5.74, 6) is 0.236. The van der Waals surface area contributed by atoms with Crippen LogP contribution in [0.5, 0.6) is 0 Å². The van der Waals surface area contributed by atoms with E-state index in [1.54, 1.807) is 11.3 Å². The van der Waals surface area contributed by atoms with Crippen LogP contribution in [0.3, 0.4) is 0 Å². The molecule has 1 amide bonds. The molecule has 1 unspecified atom stereocenters. The van der Waals surface area contributed by atoms with Gasteiger partial charge in [0.1, 0.15) is 0 Å². The highest BCUT2D eigenvalue weighted by Gasteiger charge is 2.38. The monoisotopic (exact) mass is 449 g/mol. The van der Waals surface area contributed by atoms with E-state index in [4.69, 9.17) is 0 Å². The van der Waals surface area contributed by atoms with Crippen LogP contribution < -0.4 is 15.5 Å². The van der Waals surface area contributed by atoms with Crippen molar-refractivity contribution in [3.63, 3.8) is 0 Å². The molecule has 2 aromatic rings. The fourth-order valence-corrected chi connectivity index (χ4v) is 6.21. The molecule has 0 radical (unpaired) electrons. The second-order valence-corrected chi connectivity index (χ2v) is 10.1. The molecular formula is C26H31N3O2S. The summed E-state index contributed by atoms with van der Waals surface area (Å²) in [4.78, 5) is 29.8. The fraction of sp³-hybridized carbons (Fsp3) is 0.462. The molecule has 2 heterocycles. The standard InChI is InChI=1S/C26H31N3O2S/c30-22-14-7-12-20-25(22)26(23-15-8-16-32-23)29(21-13-6-5-11-19(21)28-20)17-24(31)27-18-9-3-1-2-4-10-18/h5-6,8,11,13,15-16,18,26,28H,1-4,7,9-10,12,14,17H2,(H,27,31). The summed E-state index contributed by atoms with van der Waals surface area (Å²) in [6.07, 6.45) is 9.31. The molecular weight excluding hydrogens is 418 g/mol. The zero-order valence-corrected chi connectivity index (χ0v) is 19.3. The van der Waals surface area contributed by atoms with Gasteiger partial charge in [0.15, 0.2) is 5.78 Å². The van der Waals surface area contributed by atoms with Gasteiger partial charge in [-0.15, -0.1) is 11.3 Å².